The highest BCUT2D eigenvalue weighted by molar-refractivity contribution is 5.93. The topological polar surface area (TPSA) is 66.5 Å². The molecule has 2 N–H and O–H groups in total. The number of carbonyl (C=O) groups is 1. The minimum Gasteiger partial charge on any atom is -0.384 e. The summed E-state index contributed by atoms with van der Waals surface area (Å²) in [6.07, 6.45) is 7.58. The fourth-order valence-corrected chi connectivity index (χ4v) is 3.35. The molecule has 1 aliphatic heterocycles. The number of aromatic nitrogens is 1. The largest absolute Gasteiger partial charge is 0.384 e. The molecule has 0 unspecified atom stereocenters. The van der Waals surface area contributed by atoms with E-state index in [9.17, 15) is 4.79 Å². The zero-order chi connectivity index (χ0) is 16.6. The van der Waals surface area contributed by atoms with Crippen LogP contribution in [0.2, 0.25) is 0 Å². The highest BCUT2D eigenvalue weighted by Crippen LogP contribution is 2.18. The first-order valence-electron chi connectivity index (χ1n) is 9.12. The van der Waals surface area contributed by atoms with Gasteiger partial charge in [0.1, 0.15) is 5.69 Å². The number of pyridine rings is 1. The molecule has 1 amide bonds. The Bertz CT molecular complexity index is 526. The SMILES string of the molecule is O=C(NC1CCCCC1)c1cc(NCCN2CCOCC2)ccn1. The molecule has 0 bridgehead atoms. The second kappa shape index (κ2) is 8.99. The molecule has 2 aliphatic rings. The molecule has 6 heteroatoms. The van der Waals surface area contributed by atoms with E-state index in [0.29, 0.717) is 11.7 Å². The molecule has 2 heterocycles. The van der Waals surface area contributed by atoms with Crippen molar-refractivity contribution in [3.05, 3.63) is 24.0 Å². The summed E-state index contributed by atoms with van der Waals surface area (Å²) in [5.74, 6) is -0.0567. The van der Waals surface area contributed by atoms with Crippen LogP contribution in [0.1, 0.15) is 42.6 Å². The Labute approximate surface area is 144 Å². The highest BCUT2D eigenvalue weighted by atomic mass is 16.5. The van der Waals surface area contributed by atoms with E-state index in [1.54, 1.807) is 6.20 Å². The molecule has 3 rings (SSSR count). The van der Waals surface area contributed by atoms with Gasteiger partial charge in [0.2, 0.25) is 0 Å². The maximum Gasteiger partial charge on any atom is 0.270 e. The third-order valence-corrected chi connectivity index (χ3v) is 4.79. The Morgan fingerprint density at radius 2 is 2.04 bits per heavy atom. The standard InChI is InChI=1S/C18H28N4O2/c23-18(21-15-4-2-1-3-5-15)17-14-16(6-7-20-17)19-8-9-22-10-12-24-13-11-22/h6-7,14-15H,1-5,8-13H2,(H,19,20)(H,21,23). The molecule has 1 saturated heterocycles. The second-order valence-corrected chi connectivity index (χ2v) is 6.62. The number of morpholine rings is 1. The zero-order valence-electron chi connectivity index (χ0n) is 14.3. The van der Waals surface area contributed by atoms with Gasteiger partial charge in [-0.25, -0.2) is 0 Å². The number of nitrogens with one attached hydrogen (secondary N) is 2. The van der Waals surface area contributed by atoms with E-state index >= 15 is 0 Å². The fraction of sp³-hybridized carbons (Fsp3) is 0.667. The zero-order valence-corrected chi connectivity index (χ0v) is 14.3. The number of nitrogens with zero attached hydrogens (tertiary/aromatic N) is 2. The van der Waals surface area contributed by atoms with Crippen molar-refractivity contribution in [3.63, 3.8) is 0 Å². The van der Waals surface area contributed by atoms with E-state index in [0.717, 1.165) is 57.9 Å². The van der Waals surface area contributed by atoms with Crippen molar-refractivity contribution in [1.29, 1.82) is 0 Å². The summed E-state index contributed by atoms with van der Waals surface area (Å²) in [5, 5.41) is 6.51. The quantitative estimate of drug-likeness (QED) is 0.833. The highest BCUT2D eigenvalue weighted by Gasteiger charge is 2.17. The summed E-state index contributed by atoms with van der Waals surface area (Å²) in [5.41, 5.74) is 1.45. The van der Waals surface area contributed by atoms with Crippen LogP contribution in [-0.4, -0.2) is 61.2 Å². The lowest BCUT2D eigenvalue weighted by atomic mass is 9.95. The molecule has 2 fully saturated rings. The molecule has 24 heavy (non-hydrogen) atoms. The summed E-state index contributed by atoms with van der Waals surface area (Å²) < 4.78 is 5.35. The van der Waals surface area contributed by atoms with Crippen LogP contribution >= 0.6 is 0 Å². The normalized spacial score (nSPS) is 19.8. The molecule has 6 nitrogen and oxygen atoms in total. The first-order chi connectivity index (χ1) is 11.8. The lowest BCUT2D eigenvalue weighted by Crippen LogP contribution is -2.39. The summed E-state index contributed by atoms with van der Waals surface area (Å²) in [7, 11) is 0. The lowest BCUT2D eigenvalue weighted by Gasteiger charge is -2.26. The van der Waals surface area contributed by atoms with E-state index < -0.39 is 0 Å². The minimum absolute atomic E-state index is 0.0567. The Morgan fingerprint density at radius 1 is 1.25 bits per heavy atom. The third-order valence-electron chi connectivity index (χ3n) is 4.79. The van der Waals surface area contributed by atoms with Crippen LogP contribution in [0.3, 0.4) is 0 Å². The van der Waals surface area contributed by atoms with Crippen molar-refractivity contribution in [2.24, 2.45) is 0 Å². The first-order valence-corrected chi connectivity index (χ1v) is 9.12. The summed E-state index contributed by atoms with van der Waals surface area (Å²) >= 11 is 0. The van der Waals surface area contributed by atoms with Gasteiger partial charge in [-0.2, -0.15) is 0 Å². The maximum atomic E-state index is 12.4. The van der Waals surface area contributed by atoms with Crippen LogP contribution in [0.15, 0.2) is 18.3 Å². The monoisotopic (exact) mass is 332 g/mol. The molecule has 1 aromatic heterocycles. The van der Waals surface area contributed by atoms with E-state index in [4.69, 9.17) is 4.74 Å². The summed E-state index contributed by atoms with van der Waals surface area (Å²) in [4.78, 5) is 19.0. The number of rotatable bonds is 6. The van der Waals surface area contributed by atoms with Crippen LogP contribution in [0, 0.1) is 0 Å². The van der Waals surface area contributed by atoms with Crippen LogP contribution in [0.25, 0.3) is 0 Å². The van der Waals surface area contributed by atoms with Gasteiger partial charge in [-0.1, -0.05) is 19.3 Å². The van der Waals surface area contributed by atoms with Gasteiger partial charge in [0, 0.05) is 44.1 Å². The van der Waals surface area contributed by atoms with Crippen LogP contribution < -0.4 is 10.6 Å². The molecular weight excluding hydrogens is 304 g/mol. The Morgan fingerprint density at radius 3 is 2.83 bits per heavy atom. The van der Waals surface area contributed by atoms with E-state index in [2.05, 4.69) is 20.5 Å². The van der Waals surface area contributed by atoms with Crippen LogP contribution in [0.5, 0.6) is 0 Å². The summed E-state index contributed by atoms with van der Waals surface area (Å²) in [6.45, 7) is 5.46. The predicted molar refractivity (Wildman–Crippen MR) is 94.3 cm³/mol. The minimum atomic E-state index is -0.0567. The number of carbonyl (C=O) groups excluding carboxylic acids is 1. The van der Waals surface area contributed by atoms with Gasteiger partial charge in [0.05, 0.1) is 13.2 Å². The van der Waals surface area contributed by atoms with Crippen molar-refractivity contribution in [1.82, 2.24) is 15.2 Å². The lowest BCUT2D eigenvalue weighted by molar-refractivity contribution is 0.0398. The molecule has 0 aromatic carbocycles. The molecule has 1 aromatic rings. The van der Waals surface area contributed by atoms with E-state index in [1.807, 2.05) is 12.1 Å². The number of anilines is 1. The Kier molecular flexibility index (Phi) is 6.43. The van der Waals surface area contributed by atoms with Gasteiger partial charge >= 0.3 is 0 Å². The Hall–Kier alpha value is -1.66. The predicted octanol–water partition coefficient (Wildman–Crippen LogP) is 1.89. The number of amides is 1. The molecule has 0 atom stereocenters. The van der Waals surface area contributed by atoms with Crippen molar-refractivity contribution >= 4 is 11.6 Å². The van der Waals surface area contributed by atoms with Gasteiger partial charge in [-0.15, -0.1) is 0 Å². The molecule has 132 valence electrons. The average Bonchev–Trinajstić information content (AvgIpc) is 2.64. The first kappa shape index (κ1) is 17.2. The molecular formula is C18H28N4O2. The number of hydrogen-bond acceptors (Lipinski definition) is 5. The smallest absolute Gasteiger partial charge is 0.270 e. The average molecular weight is 332 g/mol. The molecule has 1 aliphatic carbocycles. The number of hydrogen-bond donors (Lipinski definition) is 2. The number of ether oxygens (including phenoxy) is 1. The van der Waals surface area contributed by atoms with Gasteiger partial charge < -0.3 is 15.4 Å². The van der Waals surface area contributed by atoms with Gasteiger partial charge in [0.25, 0.3) is 5.91 Å². The van der Waals surface area contributed by atoms with Crippen molar-refractivity contribution in [2.45, 2.75) is 38.1 Å². The van der Waals surface area contributed by atoms with Gasteiger partial charge in [-0.3, -0.25) is 14.7 Å². The fourth-order valence-electron chi connectivity index (χ4n) is 3.35. The second-order valence-electron chi connectivity index (χ2n) is 6.62. The van der Waals surface area contributed by atoms with Crippen LogP contribution in [0.4, 0.5) is 5.69 Å². The molecule has 1 saturated carbocycles. The van der Waals surface area contributed by atoms with Crippen molar-refractivity contribution < 1.29 is 9.53 Å². The van der Waals surface area contributed by atoms with Crippen molar-refractivity contribution in [3.8, 4) is 0 Å². The molecule has 0 radical (unpaired) electrons. The Balaban J connectivity index is 1.46. The van der Waals surface area contributed by atoms with Crippen molar-refractivity contribution in [2.75, 3.05) is 44.7 Å². The van der Waals surface area contributed by atoms with E-state index in [-0.39, 0.29) is 5.91 Å². The third kappa shape index (κ3) is 5.18. The molecule has 0 spiro atoms. The summed E-state index contributed by atoms with van der Waals surface area (Å²) in [6, 6.07) is 4.07. The maximum absolute atomic E-state index is 12.4. The van der Waals surface area contributed by atoms with Gasteiger partial charge in [-0.05, 0) is 25.0 Å². The van der Waals surface area contributed by atoms with Gasteiger partial charge in [0.15, 0.2) is 0 Å². The van der Waals surface area contributed by atoms with E-state index in [1.165, 1.54) is 19.3 Å². The van der Waals surface area contributed by atoms with Crippen LogP contribution in [-0.2, 0) is 4.74 Å².